The fraction of sp³-hybridized carbons (Fsp3) is 0.417. The zero-order chi connectivity index (χ0) is 20.8. The minimum atomic E-state index is -0.0716. The summed E-state index contributed by atoms with van der Waals surface area (Å²) in [5, 5.41) is 5.97. The standard InChI is InChI=1S/C24H31N3O2/c1-17(2)26-24(29)27-13-5-8-22(16-27)20-6-4-7-21(14-20)23(28)25-15-19-11-9-18(3)10-12-19/h4,6-7,9-12,14,17,22H,5,8,13,15-16H2,1-3H3,(H,25,28)(H,26,29)/t22-/m1/s1. The molecule has 5 nitrogen and oxygen atoms in total. The molecule has 2 aromatic carbocycles. The van der Waals surface area contributed by atoms with Crippen molar-refractivity contribution in [2.75, 3.05) is 13.1 Å². The van der Waals surface area contributed by atoms with Gasteiger partial charge in [-0.3, -0.25) is 4.79 Å². The highest BCUT2D eigenvalue weighted by Crippen LogP contribution is 2.27. The summed E-state index contributed by atoms with van der Waals surface area (Å²) in [6.45, 7) is 7.97. The van der Waals surface area contributed by atoms with Gasteiger partial charge in [-0.05, 0) is 56.9 Å². The summed E-state index contributed by atoms with van der Waals surface area (Å²) in [7, 11) is 0. The molecule has 5 heteroatoms. The lowest BCUT2D eigenvalue weighted by Crippen LogP contribution is -2.47. The van der Waals surface area contributed by atoms with Gasteiger partial charge < -0.3 is 15.5 Å². The number of benzene rings is 2. The van der Waals surface area contributed by atoms with Gasteiger partial charge in [-0.25, -0.2) is 4.79 Å². The predicted molar refractivity (Wildman–Crippen MR) is 116 cm³/mol. The van der Waals surface area contributed by atoms with E-state index >= 15 is 0 Å². The number of hydrogen-bond donors (Lipinski definition) is 2. The Labute approximate surface area is 173 Å². The Bertz CT molecular complexity index is 845. The summed E-state index contributed by atoms with van der Waals surface area (Å²) in [6, 6.07) is 16.1. The van der Waals surface area contributed by atoms with E-state index in [0.717, 1.165) is 30.5 Å². The number of amides is 3. The van der Waals surface area contributed by atoms with Crippen LogP contribution in [0.5, 0.6) is 0 Å². The Morgan fingerprint density at radius 1 is 1.14 bits per heavy atom. The minimum Gasteiger partial charge on any atom is -0.348 e. The van der Waals surface area contributed by atoms with Crippen LogP contribution in [-0.2, 0) is 6.54 Å². The summed E-state index contributed by atoms with van der Waals surface area (Å²) in [5.41, 5.74) is 4.07. The van der Waals surface area contributed by atoms with Gasteiger partial charge >= 0.3 is 6.03 Å². The second-order valence-electron chi connectivity index (χ2n) is 8.18. The molecule has 0 spiro atoms. The zero-order valence-electron chi connectivity index (χ0n) is 17.6. The summed E-state index contributed by atoms with van der Waals surface area (Å²) < 4.78 is 0. The number of aryl methyl sites for hydroxylation is 1. The van der Waals surface area contributed by atoms with Gasteiger partial charge in [0.2, 0.25) is 0 Å². The molecular weight excluding hydrogens is 362 g/mol. The number of piperidine rings is 1. The first-order valence-corrected chi connectivity index (χ1v) is 10.4. The molecule has 0 saturated carbocycles. The Morgan fingerprint density at radius 2 is 1.90 bits per heavy atom. The maximum atomic E-state index is 12.6. The lowest BCUT2D eigenvalue weighted by Gasteiger charge is -2.33. The number of urea groups is 1. The molecule has 0 aliphatic carbocycles. The lowest BCUT2D eigenvalue weighted by atomic mass is 9.89. The molecule has 0 unspecified atom stereocenters. The van der Waals surface area contributed by atoms with E-state index in [9.17, 15) is 9.59 Å². The second kappa shape index (κ2) is 9.59. The summed E-state index contributed by atoms with van der Waals surface area (Å²) >= 11 is 0. The van der Waals surface area contributed by atoms with Crippen molar-refractivity contribution >= 4 is 11.9 Å². The fourth-order valence-corrected chi connectivity index (χ4v) is 3.70. The van der Waals surface area contributed by atoms with Crippen LogP contribution < -0.4 is 10.6 Å². The summed E-state index contributed by atoms with van der Waals surface area (Å²) in [4.78, 5) is 26.9. The number of nitrogens with zero attached hydrogens (tertiary/aromatic N) is 1. The van der Waals surface area contributed by atoms with Crippen molar-refractivity contribution in [3.63, 3.8) is 0 Å². The number of rotatable bonds is 5. The van der Waals surface area contributed by atoms with Gasteiger partial charge in [0.15, 0.2) is 0 Å². The smallest absolute Gasteiger partial charge is 0.317 e. The van der Waals surface area contributed by atoms with Gasteiger partial charge in [0.1, 0.15) is 0 Å². The minimum absolute atomic E-state index is 0.00306. The molecule has 3 amide bonds. The lowest BCUT2D eigenvalue weighted by molar-refractivity contribution is 0.0950. The summed E-state index contributed by atoms with van der Waals surface area (Å²) in [5.74, 6) is 0.184. The van der Waals surface area contributed by atoms with E-state index in [4.69, 9.17) is 0 Å². The SMILES string of the molecule is Cc1ccc(CNC(=O)c2cccc([C@@H]3CCCN(C(=O)NC(C)C)C3)c2)cc1. The number of carbonyl (C=O) groups is 2. The van der Waals surface area contributed by atoms with Crippen LogP contribution in [0.4, 0.5) is 4.79 Å². The molecule has 2 aromatic rings. The van der Waals surface area contributed by atoms with Crippen LogP contribution >= 0.6 is 0 Å². The van der Waals surface area contributed by atoms with Crippen molar-refractivity contribution in [1.29, 1.82) is 0 Å². The molecular formula is C24H31N3O2. The molecule has 0 aromatic heterocycles. The highest BCUT2D eigenvalue weighted by Gasteiger charge is 2.25. The van der Waals surface area contributed by atoms with Crippen LogP contribution in [0.1, 0.15) is 59.7 Å². The monoisotopic (exact) mass is 393 g/mol. The first-order chi connectivity index (χ1) is 13.9. The number of hydrogen-bond acceptors (Lipinski definition) is 2. The molecule has 1 aliphatic heterocycles. The Morgan fingerprint density at radius 3 is 2.62 bits per heavy atom. The Balaban J connectivity index is 1.63. The molecule has 1 heterocycles. The Hall–Kier alpha value is -2.82. The van der Waals surface area contributed by atoms with Crippen molar-refractivity contribution in [1.82, 2.24) is 15.5 Å². The van der Waals surface area contributed by atoms with E-state index in [1.807, 2.05) is 68.1 Å². The zero-order valence-corrected chi connectivity index (χ0v) is 17.6. The van der Waals surface area contributed by atoms with Crippen LogP contribution in [0, 0.1) is 6.92 Å². The molecule has 29 heavy (non-hydrogen) atoms. The number of likely N-dealkylation sites (tertiary alicyclic amines) is 1. The van der Waals surface area contributed by atoms with Gasteiger partial charge in [-0.1, -0.05) is 42.0 Å². The van der Waals surface area contributed by atoms with Crippen molar-refractivity contribution in [3.8, 4) is 0 Å². The molecule has 1 aliphatic rings. The van der Waals surface area contributed by atoms with Gasteiger partial charge in [0.05, 0.1) is 0 Å². The van der Waals surface area contributed by atoms with Crippen LogP contribution in [0.25, 0.3) is 0 Å². The first-order valence-electron chi connectivity index (χ1n) is 10.4. The number of carbonyl (C=O) groups excluding carboxylic acids is 2. The molecule has 2 N–H and O–H groups in total. The maximum absolute atomic E-state index is 12.6. The van der Waals surface area contributed by atoms with Crippen molar-refractivity contribution in [3.05, 3.63) is 70.8 Å². The molecule has 0 radical (unpaired) electrons. The van der Waals surface area contributed by atoms with E-state index in [-0.39, 0.29) is 23.9 Å². The van der Waals surface area contributed by atoms with E-state index in [2.05, 4.69) is 16.7 Å². The third-order valence-corrected chi connectivity index (χ3v) is 5.31. The van der Waals surface area contributed by atoms with E-state index in [1.54, 1.807) is 0 Å². The third-order valence-electron chi connectivity index (χ3n) is 5.31. The molecule has 1 fully saturated rings. The average molecular weight is 394 g/mol. The van der Waals surface area contributed by atoms with Crippen LogP contribution in [0.2, 0.25) is 0 Å². The fourth-order valence-electron chi connectivity index (χ4n) is 3.70. The van der Waals surface area contributed by atoms with Gasteiger partial charge in [-0.15, -0.1) is 0 Å². The van der Waals surface area contributed by atoms with Crippen molar-refractivity contribution in [2.45, 2.75) is 52.1 Å². The van der Waals surface area contributed by atoms with Crippen LogP contribution in [0.3, 0.4) is 0 Å². The topological polar surface area (TPSA) is 61.4 Å². The molecule has 154 valence electrons. The van der Waals surface area contributed by atoms with E-state index in [1.165, 1.54) is 5.56 Å². The van der Waals surface area contributed by atoms with E-state index < -0.39 is 0 Å². The van der Waals surface area contributed by atoms with Gasteiger partial charge in [0.25, 0.3) is 5.91 Å². The summed E-state index contributed by atoms with van der Waals surface area (Å²) in [6.07, 6.45) is 2.00. The molecule has 1 atom stereocenters. The average Bonchev–Trinajstić information content (AvgIpc) is 2.73. The maximum Gasteiger partial charge on any atom is 0.317 e. The molecule has 3 rings (SSSR count). The third kappa shape index (κ3) is 5.83. The van der Waals surface area contributed by atoms with Gasteiger partial charge in [0, 0.05) is 37.2 Å². The predicted octanol–water partition coefficient (Wildman–Crippen LogP) is 4.22. The largest absolute Gasteiger partial charge is 0.348 e. The normalized spacial score (nSPS) is 16.6. The highest BCUT2D eigenvalue weighted by molar-refractivity contribution is 5.94. The molecule has 0 bridgehead atoms. The number of nitrogens with one attached hydrogen (secondary N) is 2. The second-order valence-corrected chi connectivity index (χ2v) is 8.18. The quantitative estimate of drug-likeness (QED) is 0.799. The van der Waals surface area contributed by atoms with E-state index in [0.29, 0.717) is 18.7 Å². The van der Waals surface area contributed by atoms with Crippen molar-refractivity contribution < 1.29 is 9.59 Å². The van der Waals surface area contributed by atoms with Crippen molar-refractivity contribution in [2.24, 2.45) is 0 Å². The first kappa shape index (κ1) is 20.9. The molecule has 1 saturated heterocycles. The van der Waals surface area contributed by atoms with Crippen LogP contribution in [0.15, 0.2) is 48.5 Å². The van der Waals surface area contributed by atoms with Gasteiger partial charge in [-0.2, -0.15) is 0 Å². The Kier molecular flexibility index (Phi) is 6.91. The highest BCUT2D eigenvalue weighted by atomic mass is 16.2. The van der Waals surface area contributed by atoms with Crippen LogP contribution in [-0.4, -0.2) is 36.0 Å².